The highest BCUT2D eigenvalue weighted by Crippen LogP contribution is 2.20. The number of carbonyl (C=O) groups is 1. The van der Waals surface area contributed by atoms with Gasteiger partial charge in [0.25, 0.3) is 0 Å². The number of halogens is 2. The van der Waals surface area contributed by atoms with Crippen molar-refractivity contribution in [3.8, 4) is 0 Å². The lowest BCUT2D eigenvalue weighted by molar-refractivity contribution is -0.115. The summed E-state index contributed by atoms with van der Waals surface area (Å²) < 4.78 is 13.5. The third-order valence-electron chi connectivity index (χ3n) is 2.47. The van der Waals surface area contributed by atoms with E-state index < -0.39 is 5.82 Å². The summed E-state index contributed by atoms with van der Waals surface area (Å²) in [5, 5.41) is 2.82. The van der Waals surface area contributed by atoms with Crippen LogP contribution < -0.4 is 11.1 Å². The maximum atomic E-state index is 13.5. The minimum absolute atomic E-state index is 0.143. The highest BCUT2D eigenvalue weighted by molar-refractivity contribution is 6.31. The molecule has 98 valence electrons. The molecule has 0 bridgehead atoms. The van der Waals surface area contributed by atoms with Crippen molar-refractivity contribution in [2.45, 2.75) is 6.42 Å². The number of pyridine rings is 1. The molecule has 0 spiro atoms. The van der Waals surface area contributed by atoms with Gasteiger partial charge < -0.3 is 11.1 Å². The summed E-state index contributed by atoms with van der Waals surface area (Å²) in [6.45, 7) is 0. The zero-order valence-corrected chi connectivity index (χ0v) is 10.6. The Bertz CT molecular complexity index is 581. The zero-order valence-electron chi connectivity index (χ0n) is 9.86. The van der Waals surface area contributed by atoms with Crippen molar-refractivity contribution in [3.63, 3.8) is 0 Å². The fourth-order valence-electron chi connectivity index (χ4n) is 1.55. The number of anilines is 2. The van der Waals surface area contributed by atoms with E-state index in [1.807, 2.05) is 0 Å². The molecule has 2 rings (SSSR count). The quantitative estimate of drug-likeness (QED) is 0.907. The number of hydrogen-bond donors (Lipinski definition) is 2. The van der Waals surface area contributed by atoms with Gasteiger partial charge in [0.2, 0.25) is 5.91 Å². The van der Waals surface area contributed by atoms with E-state index in [-0.39, 0.29) is 22.9 Å². The van der Waals surface area contributed by atoms with Gasteiger partial charge in [-0.1, -0.05) is 17.7 Å². The zero-order chi connectivity index (χ0) is 13.8. The van der Waals surface area contributed by atoms with Gasteiger partial charge in [0.15, 0.2) is 0 Å². The second-order valence-corrected chi connectivity index (χ2v) is 4.30. The number of amides is 1. The summed E-state index contributed by atoms with van der Waals surface area (Å²) in [5.74, 6) is -0.521. The number of nitrogen functional groups attached to an aromatic ring is 1. The number of benzene rings is 1. The molecule has 0 atom stereocenters. The Hall–Kier alpha value is -2.14. The molecule has 4 nitrogen and oxygen atoms in total. The van der Waals surface area contributed by atoms with Crippen LogP contribution >= 0.6 is 11.6 Å². The highest BCUT2D eigenvalue weighted by atomic mass is 35.5. The Morgan fingerprint density at radius 2 is 2.16 bits per heavy atom. The molecule has 1 aromatic heterocycles. The highest BCUT2D eigenvalue weighted by Gasteiger charge is 2.12. The van der Waals surface area contributed by atoms with Gasteiger partial charge in [0.1, 0.15) is 11.6 Å². The molecule has 0 saturated carbocycles. The molecule has 1 aromatic carbocycles. The van der Waals surface area contributed by atoms with Gasteiger partial charge in [-0.05, 0) is 24.3 Å². The van der Waals surface area contributed by atoms with Gasteiger partial charge in [0, 0.05) is 10.6 Å². The standard InChI is InChI=1S/C13H11ClFN3O/c14-10-2-1-3-11(15)9(10)6-13(19)18-8-4-5-12(16)17-7-8/h1-5,7H,6H2,(H2,16,17)(H,18,19). The average Bonchev–Trinajstić information content (AvgIpc) is 2.37. The number of aromatic nitrogens is 1. The van der Waals surface area contributed by atoms with E-state index in [0.717, 1.165) is 0 Å². The van der Waals surface area contributed by atoms with Crippen LogP contribution in [0.4, 0.5) is 15.9 Å². The van der Waals surface area contributed by atoms with Crippen molar-refractivity contribution in [1.82, 2.24) is 4.98 Å². The summed E-state index contributed by atoms with van der Waals surface area (Å²) >= 11 is 5.85. The molecule has 0 unspecified atom stereocenters. The van der Waals surface area contributed by atoms with Gasteiger partial charge >= 0.3 is 0 Å². The van der Waals surface area contributed by atoms with E-state index in [4.69, 9.17) is 17.3 Å². The van der Waals surface area contributed by atoms with Crippen molar-refractivity contribution in [2.24, 2.45) is 0 Å². The third-order valence-corrected chi connectivity index (χ3v) is 2.82. The smallest absolute Gasteiger partial charge is 0.229 e. The van der Waals surface area contributed by atoms with Gasteiger partial charge in [-0.2, -0.15) is 0 Å². The molecule has 0 saturated heterocycles. The molecule has 0 aliphatic heterocycles. The van der Waals surface area contributed by atoms with Crippen LogP contribution in [0.15, 0.2) is 36.5 Å². The van der Waals surface area contributed by atoms with Crippen molar-refractivity contribution >= 4 is 29.0 Å². The lowest BCUT2D eigenvalue weighted by Gasteiger charge is -2.07. The first kappa shape index (κ1) is 13.3. The lowest BCUT2D eigenvalue weighted by atomic mass is 10.1. The van der Waals surface area contributed by atoms with Crippen molar-refractivity contribution < 1.29 is 9.18 Å². The number of carbonyl (C=O) groups excluding carboxylic acids is 1. The van der Waals surface area contributed by atoms with Crippen LogP contribution in [0.3, 0.4) is 0 Å². The van der Waals surface area contributed by atoms with Crippen molar-refractivity contribution in [2.75, 3.05) is 11.1 Å². The maximum absolute atomic E-state index is 13.5. The molecule has 2 aromatic rings. The van der Waals surface area contributed by atoms with E-state index in [2.05, 4.69) is 10.3 Å². The van der Waals surface area contributed by atoms with Crippen LogP contribution in [0, 0.1) is 5.82 Å². The van der Waals surface area contributed by atoms with E-state index >= 15 is 0 Å². The Balaban J connectivity index is 2.07. The molecule has 0 aliphatic rings. The number of nitrogens with zero attached hydrogens (tertiary/aromatic N) is 1. The molecule has 3 N–H and O–H groups in total. The van der Waals surface area contributed by atoms with E-state index in [1.54, 1.807) is 12.1 Å². The van der Waals surface area contributed by atoms with Crippen LogP contribution in [0.5, 0.6) is 0 Å². The summed E-state index contributed by atoms with van der Waals surface area (Å²) in [6.07, 6.45) is 1.28. The molecule has 0 fully saturated rings. The van der Waals surface area contributed by atoms with Crippen LogP contribution in [0.2, 0.25) is 5.02 Å². The van der Waals surface area contributed by atoms with Gasteiger partial charge in [-0.25, -0.2) is 9.37 Å². The molecule has 0 radical (unpaired) electrons. The summed E-state index contributed by atoms with van der Waals surface area (Å²) in [5.41, 5.74) is 6.09. The largest absolute Gasteiger partial charge is 0.384 e. The summed E-state index contributed by atoms with van der Waals surface area (Å²) in [6, 6.07) is 7.47. The first-order valence-corrected chi connectivity index (χ1v) is 5.88. The molecule has 1 heterocycles. The van der Waals surface area contributed by atoms with Crippen LogP contribution in [-0.2, 0) is 11.2 Å². The van der Waals surface area contributed by atoms with Crippen LogP contribution in [0.25, 0.3) is 0 Å². The van der Waals surface area contributed by atoms with Crippen molar-refractivity contribution in [3.05, 3.63) is 52.9 Å². The number of hydrogen-bond acceptors (Lipinski definition) is 3. The molecule has 19 heavy (non-hydrogen) atoms. The SMILES string of the molecule is Nc1ccc(NC(=O)Cc2c(F)cccc2Cl)cn1. The van der Waals surface area contributed by atoms with Crippen molar-refractivity contribution in [1.29, 1.82) is 0 Å². The Morgan fingerprint density at radius 3 is 2.79 bits per heavy atom. The monoisotopic (exact) mass is 279 g/mol. The number of nitrogens with two attached hydrogens (primary N) is 1. The first-order chi connectivity index (χ1) is 9.06. The Morgan fingerprint density at radius 1 is 1.37 bits per heavy atom. The van der Waals surface area contributed by atoms with E-state index in [9.17, 15) is 9.18 Å². The molecule has 6 heteroatoms. The average molecular weight is 280 g/mol. The minimum Gasteiger partial charge on any atom is -0.384 e. The second kappa shape index (κ2) is 5.67. The topological polar surface area (TPSA) is 68.0 Å². The third kappa shape index (κ3) is 3.42. The summed E-state index contributed by atoms with van der Waals surface area (Å²) in [7, 11) is 0. The Labute approximate surface area is 114 Å². The van der Waals surface area contributed by atoms with Gasteiger partial charge in [0.05, 0.1) is 18.3 Å². The van der Waals surface area contributed by atoms with E-state index in [1.165, 1.54) is 24.4 Å². The number of rotatable bonds is 3. The molecular formula is C13H11ClFN3O. The molecule has 1 amide bonds. The first-order valence-electron chi connectivity index (χ1n) is 5.50. The molecular weight excluding hydrogens is 269 g/mol. The lowest BCUT2D eigenvalue weighted by Crippen LogP contribution is -2.15. The number of nitrogens with one attached hydrogen (secondary N) is 1. The maximum Gasteiger partial charge on any atom is 0.229 e. The van der Waals surface area contributed by atoms with Crippen LogP contribution in [0.1, 0.15) is 5.56 Å². The predicted molar refractivity (Wildman–Crippen MR) is 72.4 cm³/mol. The van der Waals surface area contributed by atoms with Gasteiger partial charge in [-0.3, -0.25) is 4.79 Å². The van der Waals surface area contributed by atoms with E-state index in [0.29, 0.717) is 11.5 Å². The predicted octanol–water partition coefficient (Wildman–Crippen LogP) is 2.64. The summed E-state index contributed by atoms with van der Waals surface area (Å²) in [4.78, 5) is 15.6. The fourth-order valence-corrected chi connectivity index (χ4v) is 1.78. The second-order valence-electron chi connectivity index (χ2n) is 3.90. The van der Waals surface area contributed by atoms with Gasteiger partial charge in [-0.15, -0.1) is 0 Å². The normalized spacial score (nSPS) is 10.2. The van der Waals surface area contributed by atoms with Crippen LogP contribution in [-0.4, -0.2) is 10.9 Å². The molecule has 0 aliphatic carbocycles. The Kier molecular flexibility index (Phi) is 3.97. The fraction of sp³-hybridized carbons (Fsp3) is 0.0769. The minimum atomic E-state index is -0.502.